The minimum atomic E-state index is 0.280. The molecule has 25 heavy (non-hydrogen) atoms. The second kappa shape index (κ2) is 7.54. The maximum atomic E-state index is 12.4. The van der Waals surface area contributed by atoms with Gasteiger partial charge in [0.1, 0.15) is 5.65 Å². The second-order valence-corrected chi connectivity index (χ2v) is 7.03. The number of imidazole rings is 1. The van der Waals surface area contributed by atoms with E-state index in [1.54, 1.807) is 0 Å². The van der Waals surface area contributed by atoms with Crippen molar-refractivity contribution in [2.45, 2.75) is 38.3 Å². The van der Waals surface area contributed by atoms with Gasteiger partial charge in [0.05, 0.1) is 11.8 Å². The molecule has 0 spiro atoms. The van der Waals surface area contributed by atoms with Crippen LogP contribution in [0.4, 0.5) is 0 Å². The first-order chi connectivity index (χ1) is 12.3. The van der Waals surface area contributed by atoms with E-state index in [1.165, 1.54) is 0 Å². The average molecular weight is 342 g/mol. The molecule has 2 aliphatic heterocycles. The predicted octanol–water partition coefficient (Wildman–Crippen LogP) is 1.94. The molecule has 0 bridgehead atoms. The fourth-order valence-corrected chi connectivity index (χ4v) is 3.76. The van der Waals surface area contributed by atoms with E-state index in [0.29, 0.717) is 12.5 Å². The van der Waals surface area contributed by atoms with Gasteiger partial charge >= 0.3 is 0 Å². The van der Waals surface area contributed by atoms with Crippen molar-refractivity contribution in [2.75, 3.05) is 32.8 Å². The molecule has 2 saturated heterocycles. The maximum absolute atomic E-state index is 12.4. The van der Waals surface area contributed by atoms with Crippen molar-refractivity contribution in [3.05, 3.63) is 36.3 Å². The van der Waals surface area contributed by atoms with Crippen molar-refractivity contribution in [1.82, 2.24) is 19.2 Å². The van der Waals surface area contributed by atoms with E-state index in [0.717, 1.165) is 69.9 Å². The van der Waals surface area contributed by atoms with Gasteiger partial charge in [-0.1, -0.05) is 6.07 Å². The zero-order valence-corrected chi connectivity index (χ0v) is 14.6. The van der Waals surface area contributed by atoms with Gasteiger partial charge in [-0.3, -0.25) is 9.69 Å². The zero-order chi connectivity index (χ0) is 17.1. The summed E-state index contributed by atoms with van der Waals surface area (Å²) in [5, 5.41) is 0. The molecule has 4 rings (SSSR count). The summed E-state index contributed by atoms with van der Waals surface area (Å²) in [4.78, 5) is 21.4. The Morgan fingerprint density at radius 1 is 1.24 bits per heavy atom. The molecule has 134 valence electrons. The normalized spacial score (nSPS) is 21.9. The van der Waals surface area contributed by atoms with Crippen LogP contribution in [0.2, 0.25) is 0 Å². The van der Waals surface area contributed by atoms with Crippen LogP contribution < -0.4 is 0 Å². The number of fused-ring (bicyclic) bond motifs is 1. The number of nitrogens with zero attached hydrogens (tertiary/aromatic N) is 4. The number of amides is 1. The third-order valence-electron chi connectivity index (χ3n) is 5.23. The van der Waals surface area contributed by atoms with E-state index in [9.17, 15) is 4.79 Å². The van der Waals surface area contributed by atoms with E-state index in [4.69, 9.17) is 4.74 Å². The molecule has 2 aliphatic rings. The molecular formula is C19H26N4O2. The van der Waals surface area contributed by atoms with E-state index in [2.05, 4.69) is 20.5 Å². The van der Waals surface area contributed by atoms with Crippen LogP contribution in [0.15, 0.2) is 30.6 Å². The number of piperazine rings is 1. The summed E-state index contributed by atoms with van der Waals surface area (Å²) in [6.45, 7) is 5.18. The fourth-order valence-electron chi connectivity index (χ4n) is 3.76. The zero-order valence-electron chi connectivity index (χ0n) is 14.6. The molecule has 0 aromatic carbocycles. The number of hydrogen-bond donors (Lipinski definition) is 0. The first-order valence-electron chi connectivity index (χ1n) is 9.32. The Balaban J connectivity index is 1.24. The smallest absolute Gasteiger partial charge is 0.222 e. The molecule has 0 saturated carbocycles. The van der Waals surface area contributed by atoms with Crippen LogP contribution in [-0.2, 0) is 16.1 Å². The molecule has 0 N–H and O–H groups in total. The first kappa shape index (κ1) is 16.5. The summed E-state index contributed by atoms with van der Waals surface area (Å²) in [6.07, 6.45) is 8.17. The lowest BCUT2D eigenvalue weighted by molar-refractivity contribution is -0.133. The lowest BCUT2D eigenvalue weighted by Gasteiger charge is -2.34. The van der Waals surface area contributed by atoms with E-state index < -0.39 is 0 Å². The van der Waals surface area contributed by atoms with Crippen LogP contribution in [0.5, 0.6) is 0 Å². The summed E-state index contributed by atoms with van der Waals surface area (Å²) in [5.74, 6) is 0.280. The van der Waals surface area contributed by atoms with Gasteiger partial charge in [0.25, 0.3) is 0 Å². The van der Waals surface area contributed by atoms with Gasteiger partial charge in [-0.15, -0.1) is 0 Å². The number of carbonyl (C=O) groups is 1. The molecule has 0 aliphatic carbocycles. The largest absolute Gasteiger partial charge is 0.378 e. The van der Waals surface area contributed by atoms with Gasteiger partial charge in [0.2, 0.25) is 5.91 Å². The van der Waals surface area contributed by atoms with Crippen LogP contribution in [-0.4, -0.2) is 64.0 Å². The number of ether oxygens (including phenoxy) is 1. The van der Waals surface area contributed by atoms with Gasteiger partial charge in [0, 0.05) is 58.1 Å². The Morgan fingerprint density at radius 3 is 2.88 bits per heavy atom. The number of hydrogen-bond acceptors (Lipinski definition) is 4. The fraction of sp³-hybridized carbons (Fsp3) is 0.579. The van der Waals surface area contributed by atoms with Crippen LogP contribution in [0.25, 0.3) is 5.65 Å². The summed E-state index contributed by atoms with van der Waals surface area (Å²) in [7, 11) is 0. The highest BCUT2D eigenvalue weighted by Gasteiger charge is 2.23. The second-order valence-electron chi connectivity index (χ2n) is 7.03. The Hall–Kier alpha value is -1.92. The quantitative estimate of drug-likeness (QED) is 0.833. The molecule has 2 aromatic heterocycles. The Labute approximate surface area is 148 Å². The number of aromatic nitrogens is 2. The van der Waals surface area contributed by atoms with Crippen LogP contribution in [0, 0.1) is 0 Å². The van der Waals surface area contributed by atoms with Crippen molar-refractivity contribution in [3.63, 3.8) is 0 Å². The Kier molecular flexibility index (Phi) is 4.99. The summed E-state index contributed by atoms with van der Waals surface area (Å²) >= 11 is 0. The van der Waals surface area contributed by atoms with Crippen molar-refractivity contribution in [1.29, 1.82) is 0 Å². The third-order valence-corrected chi connectivity index (χ3v) is 5.23. The molecule has 0 radical (unpaired) electrons. The highest BCUT2D eigenvalue weighted by Crippen LogP contribution is 2.18. The van der Waals surface area contributed by atoms with E-state index in [1.807, 2.05) is 29.3 Å². The molecule has 4 heterocycles. The van der Waals surface area contributed by atoms with Crippen molar-refractivity contribution in [3.8, 4) is 0 Å². The Morgan fingerprint density at radius 2 is 2.12 bits per heavy atom. The maximum Gasteiger partial charge on any atom is 0.222 e. The van der Waals surface area contributed by atoms with Gasteiger partial charge in [-0.05, 0) is 31.4 Å². The number of carbonyl (C=O) groups excluding carboxylic acids is 1. The van der Waals surface area contributed by atoms with Crippen molar-refractivity contribution >= 4 is 11.6 Å². The van der Waals surface area contributed by atoms with Crippen molar-refractivity contribution < 1.29 is 9.53 Å². The van der Waals surface area contributed by atoms with Crippen LogP contribution >= 0.6 is 0 Å². The molecular weight excluding hydrogens is 316 g/mol. The molecule has 1 unspecified atom stereocenters. The highest BCUT2D eigenvalue weighted by atomic mass is 16.5. The standard InChI is InChI=1S/C19H26N4O2/c24-19(7-6-17-4-3-13-25-17)22-11-9-21(10-12-22)14-16-15-23-8-2-1-5-18(23)20-16/h1-2,5,8,15,17H,3-4,6-7,9-14H2. The summed E-state index contributed by atoms with van der Waals surface area (Å²) < 4.78 is 7.67. The molecule has 1 atom stereocenters. The van der Waals surface area contributed by atoms with Gasteiger partial charge in [-0.2, -0.15) is 0 Å². The first-order valence-corrected chi connectivity index (χ1v) is 9.32. The van der Waals surface area contributed by atoms with Crippen molar-refractivity contribution in [2.24, 2.45) is 0 Å². The predicted molar refractivity (Wildman–Crippen MR) is 95.3 cm³/mol. The minimum Gasteiger partial charge on any atom is -0.378 e. The Bertz CT molecular complexity index is 682. The summed E-state index contributed by atoms with van der Waals surface area (Å²) in [6, 6.07) is 6.04. The topological polar surface area (TPSA) is 50.1 Å². The molecule has 6 nitrogen and oxygen atoms in total. The SMILES string of the molecule is O=C(CCC1CCCO1)N1CCN(Cc2cn3ccccc3n2)CC1. The van der Waals surface area contributed by atoms with Gasteiger partial charge in [-0.25, -0.2) is 4.98 Å². The molecule has 2 fully saturated rings. The highest BCUT2D eigenvalue weighted by molar-refractivity contribution is 5.76. The average Bonchev–Trinajstić information content (AvgIpc) is 3.29. The van der Waals surface area contributed by atoms with E-state index in [-0.39, 0.29) is 5.91 Å². The van der Waals surface area contributed by atoms with Gasteiger partial charge in [0.15, 0.2) is 0 Å². The molecule has 1 amide bonds. The van der Waals surface area contributed by atoms with E-state index >= 15 is 0 Å². The van der Waals surface area contributed by atoms with Gasteiger partial charge < -0.3 is 14.0 Å². The number of rotatable bonds is 5. The van der Waals surface area contributed by atoms with Crippen LogP contribution in [0.1, 0.15) is 31.4 Å². The third kappa shape index (κ3) is 4.02. The molecule has 2 aromatic rings. The summed E-state index contributed by atoms with van der Waals surface area (Å²) in [5.41, 5.74) is 2.07. The minimum absolute atomic E-state index is 0.280. The molecule has 6 heteroatoms. The lowest BCUT2D eigenvalue weighted by atomic mass is 10.1. The monoisotopic (exact) mass is 342 g/mol. The lowest BCUT2D eigenvalue weighted by Crippen LogP contribution is -2.48. The number of pyridine rings is 1. The van der Waals surface area contributed by atoms with Crippen LogP contribution in [0.3, 0.4) is 0 Å².